The average molecular weight is 313 g/mol. The van der Waals surface area contributed by atoms with E-state index >= 15 is 0 Å². The van der Waals surface area contributed by atoms with Crippen molar-refractivity contribution in [1.29, 1.82) is 0 Å². The molecule has 0 radical (unpaired) electrons. The highest BCUT2D eigenvalue weighted by Gasteiger charge is 2.32. The second-order valence-corrected chi connectivity index (χ2v) is 5.28. The van der Waals surface area contributed by atoms with Crippen LogP contribution in [0.25, 0.3) is 0 Å². The van der Waals surface area contributed by atoms with Crippen LogP contribution in [0.1, 0.15) is 30.1 Å². The first-order valence-electron chi connectivity index (χ1n) is 7.52. The molecule has 1 saturated heterocycles. The van der Waals surface area contributed by atoms with Gasteiger partial charge in [0, 0.05) is 18.7 Å². The van der Waals surface area contributed by atoms with Crippen molar-refractivity contribution in [2.75, 3.05) is 26.3 Å². The Kier molecular flexibility index (Phi) is 6.12. The van der Waals surface area contributed by atoms with Gasteiger partial charge >= 0.3 is 0 Å². The van der Waals surface area contributed by atoms with Crippen LogP contribution in [0.4, 0.5) is 8.78 Å². The van der Waals surface area contributed by atoms with Crippen molar-refractivity contribution in [3.05, 3.63) is 29.8 Å². The Morgan fingerprint density at radius 1 is 1.32 bits per heavy atom. The number of benzene rings is 1. The molecule has 1 fully saturated rings. The van der Waals surface area contributed by atoms with Gasteiger partial charge in [-0.3, -0.25) is 4.79 Å². The van der Waals surface area contributed by atoms with Gasteiger partial charge in [-0.1, -0.05) is 13.3 Å². The minimum Gasteiger partial charge on any atom is -0.494 e. The Balaban J connectivity index is 1.76. The number of alkyl halides is 2. The summed E-state index contributed by atoms with van der Waals surface area (Å²) >= 11 is 0. The van der Waals surface area contributed by atoms with E-state index in [1.165, 1.54) is 0 Å². The van der Waals surface area contributed by atoms with Gasteiger partial charge in [-0.25, -0.2) is 8.78 Å². The highest BCUT2D eigenvalue weighted by Crippen LogP contribution is 2.19. The molecule has 1 aromatic rings. The van der Waals surface area contributed by atoms with E-state index < -0.39 is 13.0 Å². The summed E-state index contributed by atoms with van der Waals surface area (Å²) in [5, 5.41) is 0. The van der Waals surface area contributed by atoms with Crippen LogP contribution in [0.15, 0.2) is 24.3 Å². The van der Waals surface area contributed by atoms with Gasteiger partial charge in [0.2, 0.25) is 0 Å². The molecule has 0 unspecified atom stereocenters. The van der Waals surface area contributed by atoms with E-state index in [0.29, 0.717) is 25.3 Å². The molecule has 0 saturated carbocycles. The molecule has 122 valence electrons. The number of unbranched alkanes of at least 4 members (excludes halogenated alkanes) is 1. The van der Waals surface area contributed by atoms with Gasteiger partial charge in [-0.2, -0.15) is 0 Å². The number of ether oxygens (including phenoxy) is 2. The van der Waals surface area contributed by atoms with Crippen molar-refractivity contribution < 1.29 is 23.0 Å². The molecular formula is C16H21F2NO3. The Hall–Kier alpha value is -1.69. The van der Waals surface area contributed by atoms with Crippen LogP contribution >= 0.6 is 0 Å². The maximum atomic E-state index is 12.2. The lowest BCUT2D eigenvalue weighted by Crippen LogP contribution is -2.55. The van der Waals surface area contributed by atoms with Gasteiger partial charge in [0.15, 0.2) is 0 Å². The van der Waals surface area contributed by atoms with Gasteiger partial charge in [0.05, 0.1) is 12.7 Å². The summed E-state index contributed by atoms with van der Waals surface area (Å²) in [5.74, 6) is 0.628. The molecular weight excluding hydrogens is 292 g/mol. The molecule has 2 rings (SSSR count). The van der Waals surface area contributed by atoms with Crippen molar-refractivity contribution in [2.45, 2.75) is 32.3 Å². The van der Waals surface area contributed by atoms with Gasteiger partial charge in [0.25, 0.3) is 12.3 Å². The fourth-order valence-electron chi connectivity index (χ4n) is 2.13. The molecule has 0 atom stereocenters. The summed E-state index contributed by atoms with van der Waals surface area (Å²) in [7, 11) is 0. The van der Waals surface area contributed by atoms with E-state index in [1.54, 1.807) is 29.2 Å². The second-order valence-electron chi connectivity index (χ2n) is 5.28. The zero-order valence-corrected chi connectivity index (χ0v) is 12.6. The molecule has 1 aliphatic rings. The number of rotatable bonds is 8. The normalized spacial score (nSPS) is 15.0. The van der Waals surface area contributed by atoms with Crippen molar-refractivity contribution >= 4 is 5.91 Å². The van der Waals surface area contributed by atoms with Crippen molar-refractivity contribution in [3.63, 3.8) is 0 Å². The van der Waals surface area contributed by atoms with E-state index in [4.69, 9.17) is 9.47 Å². The topological polar surface area (TPSA) is 38.8 Å². The van der Waals surface area contributed by atoms with Crippen LogP contribution in [0, 0.1) is 0 Å². The van der Waals surface area contributed by atoms with E-state index in [0.717, 1.165) is 18.6 Å². The van der Waals surface area contributed by atoms with E-state index in [2.05, 4.69) is 6.92 Å². The smallest absolute Gasteiger partial charge is 0.261 e. The predicted molar refractivity (Wildman–Crippen MR) is 78.5 cm³/mol. The Morgan fingerprint density at radius 3 is 2.59 bits per heavy atom. The Bertz CT molecular complexity index is 473. The van der Waals surface area contributed by atoms with Gasteiger partial charge in [-0.05, 0) is 30.7 Å². The fourth-order valence-corrected chi connectivity index (χ4v) is 2.13. The molecule has 0 aromatic heterocycles. The van der Waals surface area contributed by atoms with Crippen LogP contribution < -0.4 is 4.74 Å². The highest BCUT2D eigenvalue weighted by atomic mass is 19.3. The van der Waals surface area contributed by atoms with Crippen LogP contribution in [-0.4, -0.2) is 49.6 Å². The fraction of sp³-hybridized carbons (Fsp3) is 0.562. The average Bonchev–Trinajstić information content (AvgIpc) is 2.46. The molecule has 0 bridgehead atoms. The molecule has 6 heteroatoms. The quantitative estimate of drug-likeness (QED) is 0.693. The third-order valence-corrected chi connectivity index (χ3v) is 3.46. The minimum absolute atomic E-state index is 0.114. The summed E-state index contributed by atoms with van der Waals surface area (Å²) in [6, 6.07) is 6.98. The molecule has 0 spiro atoms. The number of hydrogen-bond acceptors (Lipinski definition) is 3. The first-order chi connectivity index (χ1) is 10.6. The summed E-state index contributed by atoms with van der Waals surface area (Å²) in [6.07, 6.45) is -0.686. The summed E-state index contributed by atoms with van der Waals surface area (Å²) in [4.78, 5) is 13.8. The van der Waals surface area contributed by atoms with E-state index in [1.807, 2.05) is 0 Å². The summed E-state index contributed by atoms with van der Waals surface area (Å²) in [6.45, 7) is 2.91. The lowest BCUT2D eigenvalue weighted by Gasteiger charge is -2.38. The Labute approximate surface area is 129 Å². The molecule has 1 amide bonds. The predicted octanol–water partition coefficient (Wildman–Crippen LogP) is 2.97. The van der Waals surface area contributed by atoms with Gasteiger partial charge in [0.1, 0.15) is 12.4 Å². The highest BCUT2D eigenvalue weighted by molar-refractivity contribution is 5.94. The molecule has 1 heterocycles. The van der Waals surface area contributed by atoms with Gasteiger partial charge in [-0.15, -0.1) is 0 Å². The zero-order chi connectivity index (χ0) is 15.9. The second kappa shape index (κ2) is 8.08. The maximum Gasteiger partial charge on any atom is 0.261 e. The Morgan fingerprint density at radius 2 is 2.00 bits per heavy atom. The van der Waals surface area contributed by atoms with Crippen molar-refractivity contribution in [1.82, 2.24) is 4.90 Å². The lowest BCUT2D eigenvalue weighted by atomic mass is 10.1. The van der Waals surface area contributed by atoms with Crippen molar-refractivity contribution in [2.24, 2.45) is 0 Å². The number of amides is 1. The van der Waals surface area contributed by atoms with E-state index in [-0.39, 0.29) is 12.0 Å². The number of hydrogen-bond donors (Lipinski definition) is 0. The molecule has 0 N–H and O–H groups in total. The first kappa shape index (κ1) is 16.7. The number of nitrogens with zero attached hydrogens (tertiary/aromatic N) is 1. The van der Waals surface area contributed by atoms with Gasteiger partial charge < -0.3 is 14.4 Å². The molecule has 1 aromatic carbocycles. The minimum atomic E-state index is -2.47. The molecule has 1 aliphatic heterocycles. The first-order valence-corrected chi connectivity index (χ1v) is 7.52. The van der Waals surface area contributed by atoms with Crippen LogP contribution in [0.3, 0.4) is 0 Å². The van der Waals surface area contributed by atoms with E-state index in [9.17, 15) is 13.6 Å². The maximum absolute atomic E-state index is 12.2. The lowest BCUT2D eigenvalue weighted by molar-refractivity contribution is -0.0775. The third-order valence-electron chi connectivity index (χ3n) is 3.46. The standard InChI is InChI=1S/C16H21F2NO3/c1-2-3-8-21-13-6-4-12(5-7-13)16(20)19-9-14(10-19)22-11-15(17)18/h4-7,14-15H,2-3,8-11H2,1H3. The number of halogens is 2. The number of likely N-dealkylation sites (tertiary alicyclic amines) is 1. The third kappa shape index (κ3) is 4.66. The molecule has 0 aliphatic carbocycles. The van der Waals surface area contributed by atoms with Crippen molar-refractivity contribution in [3.8, 4) is 5.75 Å². The number of carbonyl (C=O) groups excluding carboxylic acids is 1. The summed E-state index contributed by atoms with van der Waals surface area (Å²) in [5.41, 5.74) is 0.565. The monoisotopic (exact) mass is 313 g/mol. The van der Waals surface area contributed by atoms with Crippen LogP contribution in [0.2, 0.25) is 0 Å². The number of carbonyl (C=O) groups is 1. The SMILES string of the molecule is CCCCOc1ccc(C(=O)N2CC(OCC(F)F)C2)cc1. The zero-order valence-electron chi connectivity index (χ0n) is 12.6. The molecule has 22 heavy (non-hydrogen) atoms. The summed E-state index contributed by atoms with van der Waals surface area (Å²) < 4.78 is 34.5. The molecule has 4 nitrogen and oxygen atoms in total. The van der Waals surface area contributed by atoms with Crippen LogP contribution in [0.5, 0.6) is 5.75 Å². The largest absolute Gasteiger partial charge is 0.494 e. The van der Waals surface area contributed by atoms with Crippen LogP contribution in [-0.2, 0) is 4.74 Å².